The number of rotatable bonds is 10. The molecule has 0 radical (unpaired) electrons. The number of esters is 1. The zero-order valence-corrected chi connectivity index (χ0v) is 24.1. The first-order chi connectivity index (χ1) is 19.1. The molecular weight excluding hydrogens is 516 g/mol. The number of likely N-dealkylation sites (tertiary alicyclic amines) is 2. The third kappa shape index (κ3) is 6.45. The first kappa shape index (κ1) is 29.9. The summed E-state index contributed by atoms with van der Waals surface area (Å²) in [6.07, 6.45) is 5.75. The smallest absolute Gasteiger partial charge is 0.331 e. The van der Waals surface area contributed by atoms with Gasteiger partial charge in [-0.25, -0.2) is 13.6 Å². The summed E-state index contributed by atoms with van der Waals surface area (Å²) >= 11 is 0. The molecule has 7 nitrogen and oxygen atoms in total. The van der Waals surface area contributed by atoms with Crippen molar-refractivity contribution in [3.05, 3.63) is 47.9 Å². The zero-order chi connectivity index (χ0) is 28.9. The Kier molecular flexibility index (Phi) is 9.44. The van der Waals surface area contributed by atoms with Crippen LogP contribution >= 0.6 is 0 Å². The van der Waals surface area contributed by atoms with E-state index in [1.807, 2.05) is 13.8 Å². The van der Waals surface area contributed by atoms with Gasteiger partial charge in [-0.15, -0.1) is 0 Å². The van der Waals surface area contributed by atoms with Gasteiger partial charge in [0.1, 0.15) is 22.8 Å². The molecule has 9 heteroatoms. The van der Waals surface area contributed by atoms with Crippen LogP contribution in [0.15, 0.2) is 36.5 Å². The number of aromatic nitrogens is 1. The molecule has 2 saturated heterocycles. The number of pyridine rings is 1. The molecule has 1 unspecified atom stereocenters. The number of carbonyl (C=O) groups excluding carboxylic acids is 2. The predicted octanol–water partition coefficient (Wildman–Crippen LogP) is 5.67. The number of hydrogen-bond donors (Lipinski definition) is 0. The first-order valence-corrected chi connectivity index (χ1v) is 14.3. The molecule has 3 heterocycles. The summed E-state index contributed by atoms with van der Waals surface area (Å²) < 4.78 is 40.7. The second-order valence-corrected chi connectivity index (χ2v) is 11.3. The van der Waals surface area contributed by atoms with Gasteiger partial charge in [0.2, 0.25) is 0 Å². The van der Waals surface area contributed by atoms with E-state index in [4.69, 9.17) is 9.47 Å². The molecule has 1 amide bonds. The van der Waals surface area contributed by atoms with Crippen LogP contribution in [0, 0.1) is 11.7 Å². The summed E-state index contributed by atoms with van der Waals surface area (Å²) in [5, 5.41) is 0. The number of carbonyl (C=O) groups is 2. The van der Waals surface area contributed by atoms with E-state index in [0.717, 1.165) is 25.9 Å². The number of hydrogen-bond acceptors (Lipinski definition) is 6. The van der Waals surface area contributed by atoms with Crippen molar-refractivity contribution in [2.45, 2.75) is 70.5 Å². The molecule has 218 valence electrons. The highest BCUT2D eigenvalue weighted by Crippen LogP contribution is 2.33. The van der Waals surface area contributed by atoms with Gasteiger partial charge in [-0.3, -0.25) is 9.78 Å². The van der Waals surface area contributed by atoms with Crippen LogP contribution in [0.4, 0.5) is 8.78 Å². The van der Waals surface area contributed by atoms with Gasteiger partial charge in [0.25, 0.3) is 5.91 Å². The van der Waals surface area contributed by atoms with E-state index in [0.29, 0.717) is 68.3 Å². The molecule has 4 rings (SSSR count). The Labute approximate surface area is 235 Å². The van der Waals surface area contributed by atoms with Crippen LogP contribution in [0.2, 0.25) is 0 Å². The van der Waals surface area contributed by atoms with E-state index < -0.39 is 28.9 Å². The van der Waals surface area contributed by atoms with Crippen LogP contribution < -0.4 is 4.74 Å². The highest BCUT2D eigenvalue weighted by molar-refractivity contribution is 5.99. The van der Waals surface area contributed by atoms with Crippen LogP contribution in [0.25, 0.3) is 11.3 Å². The molecule has 1 aromatic carbocycles. The molecular formula is C31H41F2N3O4. The number of ether oxygens (including phenoxy) is 2. The van der Waals surface area contributed by atoms with E-state index in [-0.39, 0.29) is 5.56 Å². The number of benzene rings is 1. The normalized spacial score (nSPS) is 20.5. The van der Waals surface area contributed by atoms with Crippen LogP contribution in [0.5, 0.6) is 5.75 Å². The number of piperidine rings is 1. The highest BCUT2D eigenvalue weighted by Gasteiger charge is 2.47. The number of amides is 1. The van der Waals surface area contributed by atoms with Crippen molar-refractivity contribution in [3.8, 4) is 17.0 Å². The summed E-state index contributed by atoms with van der Waals surface area (Å²) in [7, 11) is 1.29. The standard InChI is InChI=1S/C31H41F2N3O4/c1-5-31(33,6-2)21-35-16-12-22(13-17-35)20-40-24-9-11-27(34-19-24)23-8-10-25(26(32)18-23)28(37)36-15-7-14-30(36,3)29(38)39-4/h8-11,18-19,22H,5-7,12-17,20-21H2,1-4H3. The first-order valence-electron chi connectivity index (χ1n) is 14.3. The van der Waals surface area contributed by atoms with E-state index in [9.17, 15) is 14.0 Å². The van der Waals surface area contributed by atoms with E-state index in [1.165, 1.54) is 24.1 Å². The average Bonchev–Trinajstić information content (AvgIpc) is 3.38. The van der Waals surface area contributed by atoms with Crippen molar-refractivity contribution in [2.24, 2.45) is 5.92 Å². The second kappa shape index (κ2) is 12.6. The monoisotopic (exact) mass is 557 g/mol. The number of halogens is 2. The molecule has 2 fully saturated rings. The summed E-state index contributed by atoms with van der Waals surface area (Å²) in [6.45, 7) is 8.67. The van der Waals surface area contributed by atoms with Crippen molar-refractivity contribution < 1.29 is 27.8 Å². The highest BCUT2D eigenvalue weighted by atomic mass is 19.1. The SMILES string of the molecule is CCC(F)(CC)CN1CCC(COc2ccc(-c3ccc(C(=O)N4CCCC4(C)C(=O)OC)c(F)c3)nc2)CC1. The minimum Gasteiger partial charge on any atom is -0.492 e. The fraction of sp³-hybridized carbons (Fsp3) is 0.581. The molecule has 0 saturated carbocycles. The zero-order valence-electron chi connectivity index (χ0n) is 24.1. The lowest BCUT2D eigenvalue weighted by atomic mass is 9.94. The maximum atomic E-state index is 15.1. The van der Waals surface area contributed by atoms with Crippen molar-refractivity contribution in [2.75, 3.05) is 39.9 Å². The Bertz CT molecular complexity index is 1180. The van der Waals surface area contributed by atoms with Crippen molar-refractivity contribution in [1.29, 1.82) is 0 Å². The molecule has 0 bridgehead atoms. The van der Waals surface area contributed by atoms with Crippen molar-refractivity contribution in [3.63, 3.8) is 0 Å². The Morgan fingerprint density at radius 2 is 1.85 bits per heavy atom. The molecule has 2 aromatic rings. The van der Waals surface area contributed by atoms with Crippen LogP contribution in [-0.2, 0) is 9.53 Å². The molecule has 40 heavy (non-hydrogen) atoms. The van der Waals surface area contributed by atoms with Gasteiger partial charge in [-0.1, -0.05) is 19.9 Å². The van der Waals surface area contributed by atoms with Crippen LogP contribution in [-0.4, -0.2) is 77.8 Å². The maximum absolute atomic E-state index is 15.1. The Balaban J connectivity index is 1.32. The Hall–Kier alpha value is -3.07. The Morgan fingerprint density at radius 3 is 2.45 bits per heavy atom. The molecule has 0 spiro atoms. The van der Waals surface area contributed by atoms with Crippen molar-refractivity contribution >= 4 is 11.9 Å². The van der Waals surface area contributed by atoms with Crippen LogP contribution in [0.1, 0.15) is 69.7 Å². The summed E-state index contributed by atoms with van der Waals surface area (Å²) in [6, 6.07) is 7.95. The van der Waals surface area contributed by atoms with Gasteiger partial charge >= 0.3 is 5.97 Å². The number of alkyl halides is 1. The minimum absolute atomic E-state index is 0.0895. The van der Waals surface area contributed by atoms with Gasteiger partial charge in [0.05, 0.1) is 31.2 Å². The predicted molar refractivity (Wildman–Crippen MR) is 149 cm³/mol. The fourth-order valence-corrected chi connectivity index (χ4v) is 5.75. The lowest BCUT2D eigenvalue weighted by Gasteiger charge is -2.36. The molecule has 0 N–H and O–H groups in total. The van der Waals surface area contributed by atoms with Gasteiger partial charge in [0, 0.05) is 18.7 Å². The number of methoxy groups -OCH3 is 1. The Morgan fingerprint density at radius 1 is 1.12 bits per heavy atom. The van der Waals surface area contributed by atoms with E-state index in [2.05, 4.69) is 9.88 Å². The lowest BCUT2D eigenvalue weighted by molar-refractivity contribution is -0.151. The number of nitrogens with zero attached hydrogens (tertiary/aromatic N) is 3. The van der Waals surface area contributed by atoms with E-state index >= 15 is 4.39 Å². The summed E-state index contributed by atoms with van der Waals surface area (Å²) in [4.78, 5) is 33.5. The molecule has 0 aliphatic carbocycles. The third-order valence-electron chi connectivity index (χ3n) is 8.71. The largest absolute Gasteiger partial charge is 0.492 e. The van der Waals surface area contributed by atoms with Gasteiger partial charge in [0.15, 0.2) is 0 Å². The third-order valence-corrected chi connectivity index (χ3v) is 8.71. The molecule has 2 aliphatic rings. The summed E-state index contributed by atoms with van der Waals surface area (Å²) in [5.74, 6) is -0.660. The lowest BCUT2D eigenvalue weighted by Crippen LogP contribution is -2.51. The topological polar surface area (TPSA) is 72.0 Å². The van der Waals surface area contributed by atoms with Gasteiger partial charge in [-0.05, 0) is 88.7 Å². The second-order valence-electron chi connectivity index (χ2n) is 11.3. The van der Waals surface area contributed by atoms with Crippen molar-refractivity contribution in [1.82, 2.24) is 14.8 Å². The van der Waals surface area contributed by atoms with Gasteiger partial charge in [-0.2, -0.15) is 0 Å². The van der Waals surface area contributed by atoms with Gasteiger partial charge < -0.3 is 19.3 Å². The average molecular weight is 558 g/mol. The maximum Gasteiger partial charge on any atom is 0.331 e. The quantitative estimate of drug-likeness (QED) is 0.351. The fourth-order valence-electron chi connectivity index (χ4n) is 5.75. The molecule has 2 aliphatic heterocycles. The molecule has 1 aromatic heterocycles. The summed E-state index contributed by atoms with van der Waals surface area (Å²) in [5.41, 5.74) is -1.20. The van der Waals surface area contributed by atoms with Crippen LogP contribution in [0.3, 0.4) is 0 Å². The molecule has 1 atom stereocenters. The van der Waals surface area contributed by atoms with E-state index in [1.54, 1.807) is 31.3 Å². The minimum atomic E-state index is -1.10.